The molecule has 0 atom stereocenters. The van der Waals surface area contributed by atoms with Gasteiger partial charge in [-0.2, -0.15) is 0 Å². The lowest BCUT2D eigenvalue weighted by Gasteiger charge is -2.08. The first-order valence-electron chi connectivity index (χ1n) is 5.16. The molecule has 0 aromatic heterocycles. The van der Waals surface area contributed by atoms with Crippen LogP contribution in [0.3, 0.4) is 0 Å². The van der Waals surface area contributed by atoms with E-state index in [0.29, 0.717) is 25.2 Å². The van der Waals surface area contributed by atoms with E-state index in [-0.39, 0.29) is 22.8 Å². The summed E-state index contributed by atoms with van der Waals surface area (Å²) in [4.78, 5) is 22.0. The SMILES string of the molecule is COc1cc2c(cc1[N+](=O)[O-])C(=O)CCCO2. The number of Topliss-reactive ketones (excluding diaryl/α,β-unsaturated/α-hetero) is 1. The Morgan fingerprint density at radius 3 is 2.88 bits per heavy atom. The molecule has 0 amide bonds. The number of hydrogen-bond acceptors (Lipinski definition) is 5. The first-order valence-corrected chi connectivity index (χ1v) is 5.16. The topological polar surface area (TPSA) is 78.7 Å². The predicted molar refractivity (Wildman–Crippen MR) is 58.7 cm³/mol. The molecule has 17 heavy (non-hydrogen) atoms. The molecule has 0 radical (unpaired) electrons. The second-order valence-electron chi connectivity index (χ2n) is 3.65. The van der Waals surface area contributed by atoms with Crippen LogP contribution in [-0.2, 0) is 0 Å². The van der Waals surface area contributed by atoms with Gasteiger partial charge in [0.2, 0.25) is 5.75 Å². The average molecular weight is 237 g/mol. The van der Waals surface area contributed by atoms with Gasteiger partial charge in [0, 0.05) is 18.6 Å². The number of fused-ring (bicyclic) bond motifs is 1. The van der Waals surface area contributed by atoms with Gasteiger partial charge in [-0.25, -0.2) is 0 Å². The van der Waals surface area contributed by atoms with Gasteiger partial charge in [0.05, 0.1) is 24.2 Å². The minimum absolute atomic E-state index is 0.100. The largest absolute Gasteiger partial charge is 0.493 e. The van der Waals surface area contributed by atoms with Gasteiger partial charge in [0.25, 0.3) is 0 Å². The molecule has 90 valence electrons. The maximum atomic E-state index is 11.7. The fourth-order valence-electron chi connectivity index (χ4n) is 1.74. The van der Waals surface area contributed by atoms with Crippen molar-refractivity contribution in [1.82, 2.24) is 0 Å². The molecule has 0 saturated heterocycles. The van der Waals surface area contributed by atoms with E-state index in [1.165, 1.54) is 19.2 Å². The summed E-state index contributed by atoms with van der Waals surface area (Å²) < 4.78 is 10.3. The van der Waals surface area contributed by atoms with Gasteiger partial charge in [-0.1, -0.05) is 0 Å². The molecule has 1 aromatic rings. The maximum absolute atomic E-state index is 11.7. The number of ether oxygens (including phenoxy) is 2. The zero-order valence-corrected chi connectivity index (χ0v) is 9.26. The summed E-state index contributed by atoms with van der Waals surface area (Å²) in [6, 6.07) is 2.62. The van der Waals surface area contributed by atoms with Crippen LogP contribution in [0.2, 0.25) is 0 Å². The number of methoxy groups -OCH3 is 1. The highest BCUT2D eigenvalue weighted by molar-refractivity contribution is 6.00. The molecule has 1 heterocycles. The van der Waals surface area contributed by atoms with Crippen LogP contribution in [0.5, 0.6) is 11.5 Å². The van der Waals surface area contributed by atoms with Crippen molar-refractivity contribution in [3.8, 4) is 11.5 Å². The lowest BCUT2D eigenvalue weighted by Crippen LogP contribution is -2.01. The highest BCUT2D eigenvalue weighted by atomic mass is 16.6. The van der Waals surface area contributed by atoms with E-state index in [1.54, 1.807) is 0 Å². The second-order valence-corrected chi connectivity index (χ2v) is 3.65. The van der Waals surface area contributed by atoms with Crippen LogP contribution in [-0.4, -0.2) is 24.4 Å². The molecular formula is C11H11NO5. The van der Waals surface area contributed by atoms with Crippen molar-refractivity contribution in [2.75, 3.05) is 13.7 Å². The molecule has 1 aliphatic rings. The highest BCUT2D eigenvalue weighted by Crippen LogP contribution is 2.36. The lowest BCUT2D eigenvalue weighted by atomic mass is 10.1. The molecule has 6 nitrogen and oxygen atoms in total. The minimum atomic E-state index is -0.572. The van der Waals surface area contributed by atoms with Crippen molar-refractivity contribution in [3.63, 3.8) is 0 Å². The molecule has 0 fully saturated rings. The summed E-state index contributed by atoms with van der Waals surface area (Å²) in [5.41, 5.74) is 0.0418. The zero-order chi connectivity index (χ0) is 12.4. The van der Waals surface area contributed by atoms with E-state index in [2.05, 4.69) is 0 Å². The van der Waals surface area contributed by atoms with E-state index in [1.807, 2.05) is 0 Å². The Labute approximate surface area is 97.3 Å². The fourth-order valence-corrected chi connectivity index (χ4v) is 1.74. The Kier molecular flexibility index (Phi) is 2.95. The molecule has 0 N–H and O–H groups in total. The van der Waals surface area contributed by atoms with Crippen molar-refractivity contribution in [2.45, 2.75) is 12.8 Å². The molecule has 0 spiro atoms. The summed E-state index contributed by atoms with van der Waals surface area (Å²) in [6.07, 6.45) is 0.958. The van der Waals surface area contributed by atoms with Crippen LogP contribution in [0.15, 0.2) is 12.1 Å². The summed E-state index contributed by atoms with van der Waals surface area (Å²) >= 11 is 0. The van der Waals surface area contributed by atoms with Gasteiger partial charge in [-0.3, -0.25) is 14.9 Å². The van der Waals surface area contributed by atoms with Gasteiger partial charge in [0.15, 0.2) is 5.78 Å². The third kappa shape index (κ3) is 2.06. The summed E-state index contributed by atoms with van der Waals surface area (Å²) in [7, 11) is 1.34. The average Bonchev–Trinajstić information content (AvgIpc) is 2.49. The van der Waals surface area contributed by atoms with E-state index in [0.717, 1.165) is 0 Å². The Morgan fingerprint density at radius 2 is 2.24 bits per heavy atom. The molecule has 0 bridgehead atoms. The second kappa shape index (κ2) is 4.40. The number of ketones is 1. The monoisotopic (exact) mass is 237 g/mol. The number of carbonyl (C=O) groups is 1. The highest BCUT2D eigenvalue weighted by Gasteiger charge is 2.24. The number of nitro benzene ring substituents is 1. The summed E-state index contributed by atoms with van der Waals surface area (Å²) in [5.74, 6) is 0.321. The number of nitro groups is 1. The van der Waals surface area contributed by atoms with E-state index < -0.39 is 4.92 Å². The van der Waals surface area contributed by atoms with Crippen molar-refractivity contribution in [1.29, 1.82) is 0 Å². The molecule has 0 saturated carbocycles. The summed E-state index contributed by atoms with van der Waals surface area (Å²) in [6.45, 7) is 0.430. The number of hydrogen-bond donors (Lipinski definition) is 0. The van der Waals surface area contributed by atoms with Gasteiger partial charge >= 0.3 is 5.69 Å². The van der Waals surface area contributed by atoms with Crippen LogP contribution >= 0.6 is 0 Å². The van der Waals surface area contributed by atoms with Crippen LogP contribution in [0.1, 0.15) is 23.2 Å². The Hall–Kier alpha value is -2.11. The minimum Gasteiger partial charge on any atom is -0.493 e. The smallest absolute Gasteiger partial charge is 0.311 e. The normalized spacial score (nSPS) is 14.5. The van der Waals surface area contributed by atoms with Gasteiger partial charge in [-0.15, -0.1) is 0 Å². The molecule has 1 aromatic carbocycles. The Morgan fingerprint density at radius 1 is 1.47 bits per heavy atom. The molecule has 0 aliphatic carbocycles. The third-order valence-electron chi connectivity index (χ3n) is 2.58. The van der Waals surface area contributed by atoms with Crippen LogP contribution in [0.25, 0.3) is 0 Å². The lowest BCUT2D eigenvalue weighted by molar-refractivity contribution is -0.385. The van der Waals surface area contributed by atoms with E-state index in [4.69, 9.17) is 9.47 Å². The van der Waals surface area contributed by atoms with Crippen molar-refractivity contribution >= 4 is 11.5 Å². The van der Waals surface area contributed by atoms with E-state index >= 15 is 0 Å². The molecule has 0 unspecified atom stereocenters. The molecule has 2 rings (SSSR count). The van der Waals surface area contributed by atoms with Gasteiger partial charge < -0.3 is 9.47 Å². The van der Waals surface area contributed by atoms with Crippen LogP contribution < -0.4 is 9.47 Å². The zero-order valence-electron chi connectivity index (χ0n) is 9.26. The fraction of sp³-hybridized carbons (Fsp3) is 0.364. The predicted octanol–water partition coefficient (Wildman–Crippen LogP) is 1.96. The van der Waals surface area contributed by atoms with Crippen LogP contribution in [0.4, 0.5) is 5.69 Å². The Bertz CT molecular complexity index is 483. The van der Waals surface area contributed by atoms with E-state index in [9.17, 15) is 14.9 Å². The van der Waals surface area contributed by atoms with Crippen LogP contribution in [0, 0.1) is 10.1 Å². The number of benzene rings is 1. The first-order chi connectivity index (χ1) is 8.13. The maximum Gasteiger partial charge on any atom is 0.311 e. The number of rotatable bonds is 2. The molecule has 6 heteroatoms. The van der Waals surface area contributed by atoms with Gasteiger partial charge in [-0.05, 0) is 6.42 Å². The Balaban J connectivity index is 2.58. The standard InChI is InChI=1S/C11H11NO5/c1-16-11-6-10-7(5-8(11)12(14)15)9(13)3-2-4-17-10/h5-6H,2-4H2,1H3. The van der Waals surface area contributed by atoms with Gasteiger partial charge in [0.1, 0.15) is 5.75 Å². The van der Waals surface area contributed by atoms with Crippen molar-refractivity contribution in [2.24, 2.45) is 0 Å². The quantitative estimate of drug-likeness (QED) is 0.580. The number of carbonyl (C=O) groups excluding carboxylic acids is 1. The summed E-state index contributed by atoms with van der Waals surface area (Å²) in [5, 5.41) is 10.8. The van der Waals surface area contributed by atoms with Crippen molar-refractivity contribution < 1.29 is 19.2 Å². The number of nitrogens with zero attached hydrogens (tertiary/aromatic N) is 1. The first kappa shape index (κ1) is 11.4. The molecule has 1 aliphatic heterocycles. The third-order valence-corrected chi connectivity index (χ3v) is 2.58. The van der Waals surface area contributed by atoms with Crippen molar-refractivity contribution in [3.05, 3.63) is 27.8 Å². The molecular weight excluding hydrogens is 226 g/mol.